The summed E-state index contributed by atoms with van der Waals surface area (Å²) in [4.78, 5) is 27.4. The van der Waals surface area contributed by atoms with Crippen LogP contribution in [-0.4, -0.2) is 36.7 Å². The fourth-order valence-electron chi connectivity index (χ4n) is 4.27. The number of ether oxygens (including phenoxy) is 2. The number of urea groups is 1. The van der Waals surface area contributed by atoms with E-state index in [1.807, 2.05) is 25.1 Å². The number of amides is 3. The van der Waals surface area contributed by atoms with Crippen molar-refractivity contribution in [1.29, 1.82) is 0 Å². The van der Waals surface area contributed by atoms with Crippen molar-refractivity contribution in [3.8, 4) is 11.5 Å². The van der Waals surface area contributed by atoms with Crippen LogP contribution in [0.15, 0.2) is 36.4 Å². The number of carbonyl (C=O) groups is 2. The molecule has 170 valence electrons. The fourth-order valence-corrected chi connectivity index (χ4v) is 4.27. The van der Waals surface area contributed by atoms with Gasteiger partial charge in [-0.3, -0.25) is 4.79 Å². The standard InChI is InChI=1S/C24H28FN3O4/c1-3-26-24(30)28-13-18(6-8-20(28)17-5-7-19(25)15(2)10-17)23(29)27-12-16-4-9-21-22(11-16)32-14-31-21/h4-5,7,9-11,18,20H,3,6,8,12-14H2,1-2H3,(H,26,30)(H,27,29). The predicted molar refractivity (Wildman–Crippen MR) is 117 cm³/mol. The molecule has 7 nitrogen and oxygen atoms in total. The number of aryl methyl sites for hydroxylation is 1. The van der Waals surface area contributed by atoms with Gasteiger partial charge in [0, 0.05) is 19.6 Å². The van der Waals surface area contributed by atoms with Crippen LogP contribution in [0.2, 0.25) is 0 Å². The van der Waals surface area contributed by atoms with Crippen molar-refractivity contribution in [1.82, 2.24) is 15.5 Å². The summed E-state index contributed by atoms with van der Waals surface area (Å²) in [5.41, 5.74) is 2.34. The molecule has 1 fully saturated rings. The summed E-state index contributed by atoms with van der Waals surface area (Å²) in [7, 11) is 0. The van der Waals surface area contributed by atoms with Crippen LogP contribution in [0.5, 0.6) is 11.5 Å². The van der Waals surface area contributed by atoms with Gasteiger partial charge in [0.2, 0.25) is 12.7 Å². The van der Waals surface area contributed by atoms with Crippen LogP contribution in [0.1, 0.15) is 42.5 Å². The molecule has 2 aromatic rings. The quantitative estimate of drug-likeness (QED) is 0.742. The number of likely N-dealkylation sites (tertiary alicyclic amines) is 1. The van der Waals surface area contributed by atoms with Crippen molar-refractivity contribution in [2.45, 2.75) is 39.3 Å². The molecule has 0 bridgehead atoms. The number of halogens is 1. The molecule has 2 aromatic carbocycles. The largest absolute Gasteiger partial charge is 0.454 e. The molecule has 8 heteroatoms. The lowest BCUT2D eigenvalue weighted by molar-refractivity contribution is -0.126. The zero-order valence-electron chi connectivity index (χ0n) is 18.3. The number of nitrogens with zero attached hydrogens (tertiary/aromatic N) is 1. The number of hydrogen-bond donors (Lipinski definition) is 2. The fraction of sp³-hybridized carbons (Fsp3) is 0.417. The number of rotatable bonds is 5. The molecular weight excluding hydrogens is 413 g/mol. The van der Waals surface area contributed by atoms with Crippen molar-refractivity contribution in [2.75, 3.05) is 19.9 Å². The highest BCUT2D eigenvalue weighted by atomic mass is 19.1. The second-order valence-corrected chi connectivity index (χ2v) is 8.19. The highest BCUT2D eigenvalue weighted by molar-refractivity contribution is 5.81. The molecule has 2 heterocycles. The van der Waals surface area contributed by atoms with E-state index in [0.29, 0.717) is 49.5 Å². The first-order valence-corrected chi connectivity index (χ1v) is 10.9. The Balaban J connectivity index is 1.43. The number of nitrogens with one attached hydrogen (secondary N) is 2. The van der Waals surface area contributed by atoms with Crippen LogP contribution in [-0.2, 0) is 11.3 Å². The van der Waals surface area contributed by atoms with Crippen LogP contribution in [0.3, 0.4) is 0 Å². The first-order chi connectivity index (χ1) is 15.5. The highest BCUT2D eigenvalue weighted by Gasteiger charge is 2.35. The molecule has 0 saturated carbocycles. The Hall–Kier alpha value is -3.29. The lowest BCUT2D eigenvalue weighted by Gasteiger charge is -2.39. The summed E-state index contributed by atoms with van der Waals surface area (Å²) in [5.74, 6) is 0.700. The maximum atomic E-state index is 13.7. The Morgan fingerprint density at radius 2 is 1.91 bits per heavy atom. The molecule has 0 aliphatic carbocycles. The molecule has 2 aliphatic rings. The van der Waals surface area contributed by atoms with E-state index in [9.17, 15) is 14.0 Å². The molecule has 2 unspecified atom stereocenters. The van der Waals surface area contributed by atoms with Crippen molar-refractivity contribution in [3.63, 3.8) is 0 Å². The van der Waals surface area contributed by atoms with Crippen molar-refractivity contribution in [2.24, 2.45) is 5.92 Å². The number of piperidine rings is 1. The average molecular weight is 442 g/mol. The van der Waals surface area contributed by atoms with Crippen LogP contribution < -0.4 is 20.1 Å². The SMILES string of the molecule is CCNC(=O)N1CC(C(=O)NCc2ccc3c(c2)OCO3)CCC1c1ccc(F)c(C)c1. The monoisotopic (exact) mass is 441 g/mol. The van der Waals surface area contributed by atoms with Gasteiger partial charge in [-0.05, 0) is 61.6 Å². The number of carbonyl (C=O) groups excluding carboxylic acids is 2. The molecule has 2 atom stereocenters. The molecule has 0 spiro atoms. The third-order valence-electron chi connectivity index (χ3n) is 6.01. The maximum absolute atomic E-state index is 13.7. The van der Waals surface area contributed by atoms with Crippen molar-refractivity contribution >= 4 is 11.9 Å². The van der Waals surface area contributed by atoms with Gasteiger partial charge in [0.05, 0.1) is 12.0 Å². The summed E-state index contributed by atoms with van der Waals surface area (Å²) in [6.07, 6.45) is 1.27. The molecular formula is C24H28FN3O4. The van der Waals surface area contributed by atoms with E-state index in [4.69, 9.17) is 9.47 Å². The molecule has 1 saturated heterocycles. The normalized spacial score (nSPS) is 19.5. The first-order valence-electron chi connectivity index (χ1n) is 10.9. The number of benzene rings is 2. The van der Waals surface area contributed by atoms with Gasteiger partial charge in [0.25, 0.3) is 0 Å². The van der Waals surface area contributed by atoms with E-state index in [0.717, 1.165) is 11.1 Å². The van der Waals surface area contributed by atoms with Crippen LogP contribution in [0, 0.1) is 18.7 Å². The minimum Gasteiger partial charge on any atom is -0.454 e. The summed E-state index contributed by atoms with van der Waals surface area (Å²) >= 11 is 0. The van der Waals surface area contributed by atoms with E-state index in [1.165, 1.54) is 6.07 Å². The van der Waals surface area contributed by atoms with Gasteiger partial charge in [-0.1, -0.05) is 18.2 Å². The number of fused-ring (bicyclic) bond motifs is 1. The summed E-state index contributed by atoms with van der Waals surface area (Å²) in [5, 5.41) is 5.82. The van der Waals surface area contributed by atoms with E-state index < -0.39 is 0 Å². The van der Waals surface area contributed by atoms with Gasteiger partial charge < -0.3 is 25.0 Å². The van der Waals surface area contributed by atoms with Gasteiger partial charge in [-0.25, -0.2) is 9.18 Å². The predicted octanol–water partition coefficient (Wildman–Crippen LogP) is 3.66. The third-order valence-corrected chi connectivity index (χ3v) is 6.01. The Kier molecular flexibility index (Phi) is 6.48. The van der Waals surface area contributed by atoms with E-state index >= 15 is 0 Å². The Morgan fingerprint density at radius 1 is 1.09 bits per heavy atom. The Bertz CT molecular complexity index is 1010. The van der Waals surface area contributed by atoms with Crippen molar-refractivity contribution in [3.05, 3.63) is 58.9 Å². The van der Waals surface area contributed by atoms with Crippen LogP contribution in [0.4, 0.5) is 9.18 Å². The van der Waals surface area contributed by atoms with E-state index in [1.54, 1.807) is 24.0 Å². The molecule has 32 heavy (non-hydrogen) atoms. The number of hydrogen-bond acceptors (Lipinski definition) is 4. The zero-order chi connectivity index (χ0) is 22.7. The summed E-state index contributed by atoms with van der Waals surface area (Å²) in [6, 6.07) is 10.1. The smallest absolute Gasteiger partial charge is 0.317 e. The minimum atomic E-state index is -0.315. The molecule has 3 amide bonds. The van der Waals surface area contributed by atoms with Crippen molar-refractivity contribution < 1.29 is 23.5 Å². The minimum absolute atomic E-state index is 0.0919. The molecule has 0 aromatic heterocycles. The lowest BCUT2D eigenvalue weighted by atomic mass is 9.88. The van der Waals surface area contributed by atoms with Gasteiger partial charge in [-0.2, -0.15) is 0 Å². The second-order valence-electron chi connectivity index (χ2n) is 8.19. The van der Waals surface area contributed by atoms with Crippen LogP contribution in [0.25, 0.3) is 0 Å². The topological polar surface area (TPSA) is 79.9 Å². The zero-order valence-corrected chi connectivity index (χ0v) is 18.3. The molecule has 2 N–H and O–H groups in total. The van der Waals surface area contributed by atoms with Crippen LogP contribution >= 0.6 is 0 Å². The van der Waals surface area contributed by atoms with Gasteiger partial charge in [0.15, 0.2) is 11.5 Å². The molecule has 2 aliphatic heterocycles. The Morgan fingerprint density at radius 3 is 2.69 bits per heavy atom. The second kappa shape index (κ2) is 9.46. The van der Waals surface area contributed by atoms with E-state index in [2.05, 4.69) is 10.6 Å². The first kappa shape index (κ1) is 21.9. The van der Waals surface area contributed by atoms with E-state index in [-0.39, 0.29) is 36.5 Å². The summed E-state index contributed by atoms with van der Waals surface area (Å²) in [6.45, 7) is 4.94. The third kappa shape index (κ3) is 4.64. The van der Waals surface area contributed by atoms with Gasteiger partial charge in [0.1, 0.15) is 5.82 Å². The average Bonchev–Trinajstić information content (AvgIpc) is 3.27. The molecule has 4 rings (SSSR count). The lowest BCUT2D eigenvalue weighted by Crippen LogP contribution is -2.50. The highest BCUT2D eigenvalue weighted by Crippen LogP contribution is 2.35. The van der Waals surface area contributed by atoms with Gasteiger partial charge in [-0.15, -0.1) is 0 Å². The maximum Gasteiger partial charge on any atom is 0.317 e. The van der Waals surface area contributed by atoms with Gasteiger partial charge >= 0.3 is 6.03 Å². The summed E-state index contributed by atoms with van der Waals surface area (Å²) < 4.78 is 24.4. The Labute approximate surface area is 186 Å². The molecule has 0 radical (unpaired) electrons.